The zero-order valence-corrected chi connectivity index (χ0v) is 11.5. The van der Waals surface area contributed by atoms with Gasteiger partial charge in [0.2, 0.25) is 0 Å². The van der Waals surface area contributed by atoms with E-state index in [1.165, 1.54) is 17.4 Å². The summed E-state index contributed by atoms with van der Waals surface area (Å²) in [7, 11) is 0. The lowest BCUT2D eigenvalue weighted by Gasteiger charge is -2.29. The maximum absolute atomic E-state index is 11.7. The molecule has 0 saturated heterocycles. The molecule has 1 saturated carbocycles. The lowest BCUT2D eigenvalue weighted by Crippen LogP contribution is -2.43. The predicted octanol–water partition coefficient (Wildman–Crippen LogP) is -0.0888. The van der Waals surface area contributed by atoms with Crippen LogP contribution in [0.1, 0.15) is 32.6 Å². The van der Waals surface area contributed by atoms with Gasteiger partial charge in [0.25, 0.3) is 5.91 Å². The van der Waals surface area contributed by atoms with Gasteiger partial charge in [0.15, 0.2) is 6.61 Å². The Morgan fingerprint density at radius 3 is 2.90 bits per heavy atom. The van der Waals surface area contributed by atoms with E-state index in [1.54, 1.807) is 0 Å². The van der Waals surface area contributed by atoms with Crippen molar-refractivity contribution >= 4 is 11.9 Å². The number of amides is 1. The molecule has 2 atom stereocenters. The second kappa shape index (κ2) is 6.97. The number of rotatable bonds is 5. The van der Waals surface area contributed by atoms with Gasteiger partial charge < -0.3 is 10.1 Å². The summed E-state index contributed by atoms with van der Waals surface area (Å²) >= 11 is 0. The number of hydrogen-bond acceptors (Lipinski definition) is 6. The predicted molar refractivity (Wildman–Crippen MR) is 68.3 cm³/mol. The van der Waals surface area contributed by atoms with Crippen LogP contribution in [0.4, 0.5) is 0 Å². The monoisotopic (exact) mass is 281 g/mol. The Morgan fingerprint density at radius 2 is 2.20 bits per heavy atom. The summed E-state index contributed by atoms with van der Waals surface area (Å²) in [6.07, 6.45) is 5.78. The highest BCUT2D eigenvalue weighted by Gasteiger charge is 2.23. The van der Waals surface area contributed by atoms with Gasteiger partial charge >= 0.3 is 5.97 Å². The highest BCUT2D eigenvalue weighted by atomic mass is 16.5. The van der Waals surface area contributed by atoms with Crippen LogP contribution in [0.5, 0.6) is 0 Å². The van der Waals surface area contributed by atoms with Crippen LogP contribution in [-0.2, 0) is 20.9 Å². The van der Waals surface area contributed by atoms with Crippen LogP contribution in [-0.4, -0.2) is 44.7 Å². The molecule has 2 rings (SSSR count). The number of aromatic nitrogens is 4. The second-order valence-electron chi connectivity index (χ2n) is 5.10. The SMILES string of the molecule is C[C@@H]1CCCC[C@@H]1NC(=O)COC(=O)Cn1cnnn1. The van der Waals surface area contributed by atoms with Gasteiger partial charge in [0.1, 0.15) is 12.9 Å². The topological polar surface area (TPSA) is 99.0 Å². The fourth-order valence-electron chi connectivity index (χ4n) is 2.36. The molecule has 8 nitrogen and oxygen atoms in total. The molecule has 20 heavy (non-hydrogen) atoms. The molecular weight excluding hydrogens is 262 g/mol. The molecule has 1 aliphatic carbocycles. The summed E-state index contributed by atoms with van der Waals surface area (Å²) in [5.74, 6) is -0.317. The molecule has 110 valence electrons. The van der Waals surface area contributed by atoms with Crippen LogP contribution in [0.3, 0.4) is 0 Å². The van der Waals surface area contributed by atoms with Crippen LogP contribution in [0, 0.1) is 5.92 Å². The van der Waals surface area contributed by atoms with Gasteiger partial charge in [-0.2, -0.15) is 0 Å². The van der Waals surface area contributed by atoms with Crippen LogP contribution >= 0.6 is 0 Å². The summed E-state index contributed by atoms with van der Waals surface area (Å²) in [6, 6.07) is 0.189. The molecule has 1 N–H and O–H groups in total. The Balaban J connectivity index is 1.68. The van der Waals surface area contributed by atoms with Gasteiger partial charge in [0, 0.05) is 6.04 Å². The fourth-order valence-corrected chi connectivity index (χ4v) is 2.36. The summed E-state index contributed by atoms with van der Waals surface area (Å²) in [5, 5.41) is 13.3. The Labute approximate surface area is 116 Å². The Hall–Kier alpha value is -1.99. The second-order valence-corrected chi connectivity index (χ2v) is 5.10. The molecule has 0 bridgehead atoms. The normalized spacial score (nSPS) is 22.2. The van der Waals surface area contributed by atoms with E-state index in [4.69, 9.17) is 4.74 Å². The van der Waals surface area contributed by atoms with Crippen LogP contribution < -0.4 is 5.32 Å². The number of carbonyl (C=O) groups excluding carboxylic acids is 2. The van der Waals surface area contributed by atoms with Crippen molar-refractivity contribution in [3.8, 4) is 0 Å². The number of hydrogen-bond donors (Lipinski definition) is 1. The van der Waals surface area contributed by atoms with E-state index >= 15 is 0 Å². The molecule has 1 aliphatic rings. The van der Waals surface area contributed by atoms with Gasteiger partial charge in [0.05, 0.1) is 0 Å². The minimum Gasteiger partial charge on any atom is -0.454 e. The molecule has 1 heterocycles. The number of esters is 1. The van der Waals surface area contributed by atoms with Crippen molar-refractivity contribution in [3.05, 3.63) is 6.33 Å². The quantitative estimate of drug-likeness (QED) is 0.757. The average molecular weight is 281 g/mol. The molecule has 0 spiro atoms. The maximum atomic E-state index is 11.7. The number of ether oxygens (including phenoxy) is 1. The molecule has 0 radical (unpaired) electrons. The minimum atomic E-state index is -0.538. The first-order chi connectivity index (χ1) is 9.65. The van der Waals surface area contributed by atoms with Crippen molar-refractivity contribution in [2.75, 3.05) is 6.61 Å². The molecule has 1 aromatic heterocycles. The number of nitrogens with zero attached hydrogens (tertiary/aromatic N) is 4. The first kappa shape index (κ1) is 14.4. The standard InChI is InChI=1S/C12H19N5O3/c1-9-4-2-3-5-10(9)14-11(18)7-20-12(19)6-17-8-13-15-16-17/h8-10H,2-7H2,1H3,(H,14,18)/t9-,10+/m1/s1. The summed E-state index contributed by atoms with van der Waals surface area (Å²) in [5.41, 5.74) is 0. The van der Waals surface area contributed by atoms with Crippen molar-refractivity contribution in [1.82, 2.24) is 25.5 Å². The molecule has 0 aromatic carbocycles. The van der Waals surface area contributed by atoms with Gasteiger partial charge in [-0.15, -0.1) is 5.10 Å². The van der Waals surface area contributed by atoms with Crippen molar-refractivity contribution in [2.24, 2.45) is 5.92 Å². The molecular formula is C12H19N5O3. The Morgan fingerprint density at radius 1 is 1.40 bits per heavy atom. The van der Waals surface area contributed by atoms with Crippen LogP contribution in [0.25, 0.3) is 0 Å². The summed E-state index contributed by atoms with van der Waals surface area (Å²) in [4.78, 5) is 23.2. The van der Waals surface area contributed by atoms with E-state index in [0.29, 0.717) is 5.92 Å². The molecule has 0 aliphatic heterocycles. The van der Waals surface area contributed by atoms with Crippen LogP contribution in [0.15, 0.2) is 6.33 Å². The van der Waals surface area contributed by atoms with E-state index in [2.05, 4.69) is 27.8 Å². The largest absolute Gasteiger partial charge is 0.454 e. The van der Waals surface area contributed by atoms with E-state index in [9.17, 15) is 9.59 Å². The van der Waals surface area contributed by atoms with Crippen LogP contribution in [0.2, 0.25) is 0 Å². The third-order valence-electron chi connectivity index (χ3n) is 3.50. The Kier molecular flexibility index (Phi) is 5.03. The smallest absolute Gasteiger partial charge is 0.328 e. The first-order valence-corrected chi connectivity index (χ1v) is 6.81. The van der Waals surface area contributed by atoms with Gasteiger partial charge in [-0.05, 0) is 29.2 Å². The van der Waals surface area contributed by atoms with E-state index < -0.39 is 5.97 Å². The highest BCUT2D eigenvalue weighted by Crippen LogP contribution is 2.23. The third kappa shape index (κ3) is 4.29. The van der Waals surface area contributed by atoms with E-state index in [1.807, 2.05) is 0 Å². The van der Waals surface area contributed by atoms with Crippen molar-refractivity contribution in [1.29, 1.82) is 0 Å². The van der Waals surface area contributed by atoms with E-state index in [0.717, 1.165) is 19.3 Å². The molecule has 1 fully saturated rings. The maximum Gasteiger partial charge on any atom is 0.328 e. The summed E-state index contributed by atoms with van der Waals surface area (Å²) < 4.78 is 6.13. The van der Waals surface area contributed by atoms with Gasteiger partial charge in [-0.25, -0.2) is 4.68 Å². The zero-order valence-electron chi connectivity index (χ0n) is 11.5. The number of tetrazole rings is 1. The van der Waals surface area contributed by atoms with Crippen molar-refractivity contribution < 1.29 is 14.3 Å². The number of nitrogens with one attached hydrogen (secondary N) is 1. The Bertz CT molecular complexity index is 448. The zero-order chi connectivity index (χ0) is 14.4. The molecule has 1 aromatic rings. The van der Waals surface area contributed by atoms with Crippen molar-refractivity contribution in [2.45, 2.75) is 45.2 Å². The van der Waals surface area contributed by atoms with Crippen molar-refractivity contribution in [3.63, 3.8) is 0 Å². The molecule has 0 unspecified atom stereocenters. The lowest BCUT2D eigenvalue weighted by atomic mass is 9.86. The van der Waals surface area contributed by atoms with Gasteiger partial charge in [-0.1, -0.05) is 19.8 Å². The summed E-state index contributed by atoms with van der Waals surface area (Å²) in [6.45, 7) is 1.78. The third-order valence-corrected chi connectivity index (χ3v) is 3.50. The average Bonchev–Trinajstić information content (AvgIpc) is 2.92. The minimum absolute atomic E-state index is 0.0971. The molecule has 8 heteroatoms. The fraction of sp³-hybridized carbons (Fsp3) is 0.750. The first-order valence-electron chi connectivity index (χ1n) is 6.81. The van der Waals surface area contributed by atoms with E-state index in [-0.39, 0.29) is 25.1 Å². The molecule has 1 amide bonds. The van der Waals surface area contributed by atoms with Gasteiger partial charge in [-0.3, -0.25) is 9.59 Å². The lowest BCUT2D eigenvalue weighted by molar-refractivity contribution is -0.149. The number of carbonyl (C=O) groups is 2. The highest BCUT2D eigenvalue weighted by molar-refractivity contribution is 5.80.